The van der Waals surface area contributed by atoms with Gasteiger partial charge in [-0.1, -0.05) is 30.2 Å². The lowest BCUT2D eigenvalue weighted by molar-refractivity contribution is -0.134. The van der Waals surface area contributed by atoms with Crippen molar-refractivity contribution in [1.82, 2.24) is 29.7 Å². The number of hydrogen-bond donors (Lipinski definition) is 3. The number of benzene rings is 2. The molecule has 4 aliphatic rings. The fraction of sp³-hybridized carbons (Fsp3) is 0.524. The molecule has 2 saturated heterocycles. The number of nitrogens with one attached hydrogen (secondary N) is 2. The molecule has 2 aromatic carbocycles. The number of piperidine rings is 2. The van der Waals surface area contributed by atoms with Crippen LogP contribution in [0.3, 0.4) is 0 Å². The average Bonchev–Trinajstić information content (AvgIpc) is 3.67. The Hall–Kier alpha value is -4.10. The maximum atomic E-state index is 15.6. The topological polar surface area (TPSA) is 119 Å². The molecule has 1 aliphatic carbocycles. The summed E-state index contributed by atoms with van der Waals surface area (Å²) in [7, 11) is 0. The number of aliphatic hydroxyl groups excluding tert-OH is 1. The Morgan fingerprint density at radius 2 is 1.73 bits per heavy atom. The maximum Gasteiger partial charge on any atom is 0.238 e. The first-order valence-electron chi connectivity index (χ1n) is 19.9. The summed E-state index contributed by atoms with van der Waals surface area (Å²) >= 11 is 6.41. The van der Waals surface area contributed by atoms with E-state index in [1.807, 2.05) is 49.3 Å². The van der Waals surface area contributed by atoms with Crippen molar-refractivity contribution in [2.45, 2.75) is 115 Å². The Labute approximate surface area is 327 Å². The molecule has 5 heterocycles. The Bertz CT molecular complexity index is 2120. The van der Waals surface area contributed by atoms with Crippen molar-refractivity contribution >= 4 is 51.6 Å². The molecule has 1 saturated carbocycles. The SMILES string of the molecule is CC(=O)N1CCC2(CC1)C(=O)N(C1CC(N3CCCCC3)C1)c1cc(-c3cc4ncn(C(C)C)c4c(Nc4cc(C(O)NC(C)C)c(Cl)cc4F)n3)ccc12. The number of halogens is 2. The molecule has 0 radical (unpaired) electrons. The molecule has 55 heavy (non-hydrogen) atoms. The summed E-state index contributed by atoms with van der Waals surface area (Å²) < 4.78 is 17.6. The van der Waals surface area contributed by atoms with E-state index < -0.39 is 17.5 Å². The summed E-state index contributed by atoms with van der Waals surface area (Å²) in [6.07, 6.45) is 7.51. The highest BCUT2D eigenvalue weighted by Crippen LogP contribution is 2.52. The van der Waals surface area contributed by atoms with Crippen LogP contribution in [0.15, 0.2) is 42.7 Å². The molecule has 1 atom stereocenters. The molecule has 1 spiro atoms. The number of likely N-dealkylation sites (tertiary alicyclic amines) is 2. The Morgan fingerprint density at radius 3 is 2.40 bits per heavy atom. The maximum absolute atomic E-state index is 15.6. The molecule has 3 N–H and O–H groups in total. The van der Waals surface area contributed by atoms with E-state index in [1.165, 1.54) is 31.4 Å². The zero-order chi connectivity index (χ0) is 38.8. The van der Waals surface area contributed by atoms with Crippen LogP contribution in [0.1, 0.15) is 103 Å². The summed E-state index contributed by atoms with van der Waals surface area (Å²) in [6.45, 7) is 12.9. The van der Waals surface area contributed by atoms with Crippen LogP contribution < -0.4 is 15.5 Å². The molecule has 3 fully saturated rings. The Balaban J connectivity index is 1.19. The van der Waals surface area contributed by atoms with Crippen LogP contribution >= 0.6 is 11.6 Å². The van der Waals surface area contributed by atoms with Crippen LogP contribution in [0, 0.1) is 5.82 Å². The summed E-state index contributed by atoms with van der Waals surface area (Å²) in [4.78, 5) is 43.5. The molecular weight excluding hydrogens is 719 g/mol. The van der Waals surface area contributed by atoms with Crippen LogP contribution in [0.2, 0.25) is 5.02 Å². The second-order valence-electron chi connectivity index (χ2n) is 16.5. The molecule has 8 rings (SSSR count). The third-order valence-electron chi connectivity index (χ3n) is 12.4. The van der Waals surface area contributed by atoms with E-state index in [0.717, 1.165) is 42.7 Å². The highest BCUT2D eigenvalue weighted by Gasteiger charge is 2.55. The van der Waals surface area contributed by atoms with Crippen LogP contribution in [0.4, 0.5) is 21.6 Å². The fourth-order valence-corrected chi connectivity index (χ4v) is 9.50. The Morgan fingerprint density at radius 1 is 1.00 bits per heavy atom. The third kappa shape index (κ3) is 6.79. The zero-order valence-electron chi connectivity index (χ0n) is 32.4. The molecule has 4 aromatic rings. The first-order valence-corrected chi connectivity index (χ1v) is 20.3. The average molecular weight is 771 g/mol. The number of pyridine rings is 1. The van der Waals surface area contributed by atoms with Gasteiger partial charge in [0.2, 0.25) is 11.8 Å². The van der Waals surface area contributed by atoms with E-state index >= 15 is 4.39 Å². The summed E-state index contributed by atoms with van der Waals surface area (Å²) in [6, 6.07) is 11.5. The van der Waals surface area contributed by atoms with Gasteiger partial charge < -0.3 is 29.7 Å². The van der Waals surface area contributed by atoms with E-state index in [1.54, 1.807) is 13.3 Å². The number of amides is 2. The van der Waals surface area contributed by atoms with E-state index in [9.17, 15) is 14.7 Å². The highest BCUT2D eigenvalue weighted by molar-refractivity contribution is 6.31. The lowest BCUT2D eigenvalue weighted by atomic mass is 9.73. The van der Waals surface area contributed by atoms with Crippen LogP contribution in [-0.4, -0.2) is 85.6 Å². The number of hydrogen-bond acceptors (Lipinski definition) is 8. The fourth-order valence-electron chi connectivity index (χ4n) is 9.24. The van der Waals surface area contributed by atoms with E-state index in [4.69, 9.17) is 21.6 Å². The minimum Gasteiger partial charge on any atom is -0.374 e. The van der Waals surface area contributed by atoms with Gasteiger partial charge in [-0.05, 0) is 109 Å². The van der Waals surface area contributed by atoms with Gasteiger partial charge in [0.1, 0.15) is 17.6 Å². The van der Waals surface area contributed by atoms with Gasteiger partial charge in [-0.2, -0.15) is 0 Å². The lowest BCUT2D eigenvalue weighted by Crippen LogP contribution is -2.58. The van der Waals surface area contributed by atoms with Gasteiger partial charge in [0, 0.05) is 61.0 Å². The molecule has 1 unspecified atom stereocenters. The lowest BCUT2D eigenvalue weighted by Gasteiger charge is -2.48. The van der Waals surface area contributed by atoms with Gasteiger partial charge in [0.05, 0.1) is 33.7 Å². The predicted molar refractivity (Wildman–Crippen MR) is 214 cm³/mol. The smallest absolute Gasteiger partial charge is 0.238 e. The van der Waals surface area contributed by atoms with Crippen molar-refractivity contribution in [3.63, 3.8) is 0 Å². The largest absolute Gasteiger partial charge is 0.374 e. The van der Waals surface area contributed by atoms with E-state index in [-0.39, 0.29) is 40.6 Å². The molecule has 292 valence electrons. The van der Waals surface area contributed by atoms with Gasteiger partial charge in [0.25, 0.3) is 0 Å². The second kappa shape index (κ2) is 14.8. The van der Waals surface area contributed by atoms with Gasteiger partial charge >= 0.3 is 0 Å². The quantitative estimate of drug-likeness (QED) is 0.150. The van der Waals surface area contributed by atoms with Crippen molar-refractivity contribution in [2.75, 3.05) is 36.4 Å². The van der Waals surface area contributed by atoms with Crippen LogP contribution in [0.5, 0.6) is 0 Å². The molecular formula is C42H52ClFN8O3. The number of nitrogens with zero attached hydrogens (tertiary/aromatic N) is 6. The normalized spacial score (nSPS) is 21.8. The number of aromatic nitrogens is 3. The summed E-state index contributed by atoms with van der Waals surface area (Å²) in [5.74, 6) is 0.00853. The van der Waals surface area contributed by atoms with Crippen molar-refractivity contribution in [3.05, 3.63) is 64.7 Å². The van der Waals surface area contributed by atoms with Crippen molar-refractivity contribution in [3.8, 4) is 11.3 Å². The standard InChI is InChI=1S/C42H52ClFN8O3/c1-24(2)46-40(54)30-20-35(33(44)21-32(30)43)48-39-38-36(45-23-51(38)25(3)4)22-34(47-39)27-9-10-31-37(17-27)52(29-18-28(19-29)50-13-7-6-8-14-50)41(55)42(31)11-15-49(16-12-42)26(5)53/h9-10,17,20-25,28-29,40,46,54H,6-8,11-16,18-19H2,1-5H3,(H,47,48). The number of fused-ring (bicyclic) bond motifs is 3. The van der Waals surface area contributed by atoms with E-state index in [2.05, 4.69) is 32.6 Å². The van der Waals surface area contributed by atoms with Gasteiger partial charge in [-0.25, -0.2) is 14.4 Å². The van der Waals surface area contributed by atoms with Crippen LogP contribution in [-0.2, 0) is 15.0 Å². The summed E-state index contributed by atoms with van der Waals surface area (Å²) in [5, 5.41) is 17.2. The van der Waals surface area contributed by atoms with Crippen LogP contribution in [0.25, 0.3) is 22.3 Å². The number of carbonyl (C=O) groups excluding carboxylic acids is 2. The molecule has 11 nitrogen and oxygen atoms in total. The molecule has 2 amide bonds. The number of imidazole rings is 1. The van der Waals surface area contributed by atoms with Crippen molar-refractivity contribution < 1.29 is 19.1 Å². The number of carbonyl (C=O) groups is 2. The van der Waals surface area contributed by atoms with Gasteiger partial charge in [0.15, 0.2) is 5.82 Å². The first-order chi connectivity index (χ1) is 26.3. The molecule has 13 heteroatoms. The molecule has 3 aliphatic heterocycles. The first kappa shape index (κ1) is 37.8. The van der Waals surface area contributed by atoms with Gasteiger partial charge in [-0.15, -0.1) is 0 Å². The Kier molecular flexibility index (Phi) is 10.1. The zero-order valence-corrected chi connectivity index (χ0v) is 33.2. The number of rotatable bonds is 9. The number of anilines is 3. The van der Waals surface area contributed by atoms with E-state index in [0.29, 0.717) is 60.1 Å². The third-order valence-corrected chi connectivity index (χ3v) is 12.7. The van der Waals surface area contributed by atoms with Crippen molar-refractivity contribution in [2.24, 2.45) is 0 Å². The second-order valence-corrected chi connectivity index (χ2v) is 17.0. The minimum absolute atomic E-state index is 0.0342. The highest BCUT2D eigenvalue weighted by atomic mass is 35.5. The number of aliphatic hydroxyl groups is 1. The minimum atomic E-state index is -1.10. The van der Waals surface area contributed by atoms with Crippen molar-refractivity contribution in [1.29, 1.82) is 0 Å². The predicted octanol–water partition coefficient (Wildman–Crippen LogP) is 7.45. The summed E-state index contributed by atoms with van der Waals surface area (Å²) in [5.41, 5.74) is 4.57. The molecule has 0 bridgehead atoms. The molecule has 2 aromatic heterocycles. The monoisotopic (exact) mass is 770 g/mol. The van der Waals surface area contributed by atoms with Gasteiger partial charge in [-0.3, -0.25) is 14.9 Å².